The standard InChI is InChI=1S/C23H26N8/c1-9-26-30(11-1)19-6-2-16(3-7-19)13-25-22-12-21(28-18-8-10-24-14-18)29-23-20(17-4-5-17)15-27-31(22)23/h1-3,6-7,9,11-12,15,17-18,24-25H,4-5,8,10,13-14H2,(H,28,29)/t18-/m0/s1. The first-order chi connectivity index (χ1) is 15.3. The molecule has 2 aliphatic rings. The van der Waals surface area contributed by atoms with Crippen LogP contribution in [0.3, 0.4) is 0 Å². The van der Waals surface area contributed by atoms with Crippen LogP contribution in [0.2, 0.25) is 0 Å². The largest absolute Gasteiger partial charge is 0.366 e. The summed E-state index contributed by atoms with van der Waals surface area (Å²) in [4.78, 5) is 4.93. The molecule has 1 aliphatic heterocycles. The molecule has 0 bridgehead atoms. The maximum absolute atomic E-state index is 4.93. The number of nitrogens with zero attached hydrogens (tertiary/aromatic N) is 5. The average Bonchev–Trinajstić information content (AvgIpc) is 3.19. The predicted octanol–water partition coefficient (Wildman–Crippen LogP) is 3.18. The van der Waals surface area contributed by atoms with Crippen LogP contribution in [0, 0.1) is 0 Å². The summed E-state index contributed by atoms with van der Waals surface area (Å²) in [6, 6.07) is 12.9. The molecular weight excluding hydrogens is 388 g/mol. The molecule has 31 heavy (non-hydrogen) atoms. The second kappa shape index (κ2) is 7.70. The fourth-order valence-electron chi connectivity index (χ4n) is 4.23. The Morgan fingerprint density at radius 2 is 2.00 bits per heavy atom. The molecule has 8 nitrogen and oxygen atoms in total. The van der Waals surface area contributed by atoms with Gasteiger partial charge in [-0.15, -0.1) is 0 Å². The lowest BCUT2D eigenvalue weighted by atomic mass is 10.2. The van der Waals surface area contributed by atoms with Crippen molar-refractivity contribution in [1.29, 1.82) is 0 Å². The lowest BCUT2D eigenvalue weighted by Crippen LogP contribution is -2.23. The molecule has 1 aliphatic carbocycles. The summed E-state index contributed by atoms with van der Waals surface area (Å²) in [5.74, 6) is 2.48. The monoisotopic (exact) mass is 414 g/mol. The van der Waals surface area contributed by atoms with Crippen molar-refractivity contribution in [3.63, 3.8) is 0 Å². The molecule has 1 atom stereocenters. The fraction of sp³-hybridized carbons (Fsp3) is 0.348. The summed E-state index contributed by atoms with van der Waals surface area (Å²) in [5, 5.41) is 19.5. The molecule has 8 heteroatoms. The van der Waals surface area contributed by atoms with Gasteiger partial charge in [0.05, 0.1) is 11.9 Å². The van der Waals surface area contributed by atoms with Gasteiger partial charge in [0.2, 0.25) is 0 Å². The van der Waals surface area contributed by atoms with Crippen molar-refractivity contribution in [2.75, 3.05) is 23.7 Å². The minimum absolute atomic E-state index is 0.421. The summed E-state index contributed by atoms with van der Waals surface area (Å²) in [7, 11) is 0. The number of nitrogens with one attached hydrogen (secondary N) is 3. The van der Waals surface area contributed by atoms with E-state index in [9.17, 15) is 0 Å². The molecule has 0 unspecified atom stereocenters. The highest BCUT2D eigenvalue weighted by atomic mass is 15.3. The fourth-order valence-corrected chi connectivity index (χ4v) is 4.23. The van der Waals surface area contributed by atoms with Crippen LogP contribution in [0.25, 0.3) is 11.3 Å². The van der Waals surface area contributed by atoms with Gasteiger partial charge in [0.15, 0.2) is 5.65 Å². The van der Waals surface area contributed by atoms with Crippen molar-refractivity contribution in [3.05, 3.63) is 66.1 Å². The van der Waals surface area contributed by atoms with Crippen molar-refractivity contribution in [3.8, 4) is 5.69 Å². The molecule has 6 rings (SSSR count). The third-order valence-corrected chi connectivity index (χ3v) is 6.11. The predicted molar refractivity (Wildman–Crippen MR) is 121 cm³/mol. The minimum Gasteiger partial charge on any atom is -0.366 e. The van der Waals surface area contributed by atoms with Crippen molar-refractivity contribution >= 4 is 17.3 Å². The van der Waals surface area contributed by atoms with E-state index in [1.165, 1.54) is 24.0 Å². The van der Waals surface area contributed by atoms with E-state index in [-0.39, 0.29) is 0 Å². The first kappa shape index (κ1) is 18.4. The zero-order valence-corrected chi connectivity index (χ0v) is 17.3. The van der Waals surface area contributed by atoms with Crippen LogP contribution in [0.1, 0.15) is 36.3 Å². The van der Waals surface area contributed by atoms with Gasteiger partial charge in [-0.1, -0.05) is 12.1 Å². The third kappa shape index (κ3) is 3.74. The van der Waals surface area contributed by atoms with Gasteiger partial charge in [-0.2, -0.15) is 14.7 Å². The third-order valence-electron chi connectivity index (χ3n) is 6.11. The molecule has 0 radical (unpaired) electrons. The minimum atomic E-state index is 0.421. The van der Waals surface area contributed by atoms with Gasteiger partial charge in [0.25, 0.3) is 0 Å². The zero-order valence-electron chi connectivity index (χ0n) is 17.3. The van der Waals surface area contributed by atoms with Crippen molar-refractivity contribution < 1.29 is 0 Å². The first-order valence-corrected chi connectivity index (χ1v) is 11.0. The van der Waals surface area contributed by atoms with Crippen molar-refractivity contribution in [2.45, 2.75) is 37.8 Å². The Hall–Kier alpha value is -3.39. The quantitative estimate of drug-likeness (QED) is 0.431. The lowest BCUT2D eigenvalue weighted by Gasteiger charge is -2.15. The maximum Gasteiger partial charge on any atom is 0.163 e. The van der Waals surface area contributed by atoms with E-state index in [1.54, 1.807) is 6.20 Å². The highest BCUT2D eigenvalue weighted by Crippen LogP contribution is 2.42. The molecular formula is C23H26N8. The molecule has 0 spiro atoms. The molecule has 3 aromatic heterocycles. The molecule has 158 valence electrons. The second-order valence-corrected chi connectivity index (χ2v) is 8.44. The van der Waals surface area contributed by atoms with Gasteiger partial charge in [-0.3, -0.25) is 0 Å². The maximum atomic E-state index is 4.93. The van der Waals surface area contributed by atoms with E-state index in [0.29, 0.717) is 18.5 Å². The molecule has 1 saturated carbocycles. The van der Waals surface area contributed by atoms with Crippen LogP contribution >= 0.6 is 0 Å². The Kier molecular flexibility index (Phi) is 4.57. The molecule has 4 heterocycles. The Balaban J connectivity index is 1.26. The lowest BCUT2D eigenvalue weighted by molar-refractivity contribution is 0.786. The molecule has 1 saturated heterocycles. The Morgan fingerprint density at radius 1 is 1.10 bits per heavy atom. The Bertz CT molecular complexity index is 1170. The highest BCUT2D eigenvalue weighted by molar-refractivity contribution is 5.62. The smallest absolute Gasteiger partial charge is 0.163 e. The summed E-state index contributed by atoms with van der Waals surface area (Å²) in [6.07, 6.45) is 9.32. The topological polar surface area (TPSA) is 84.1 Å². The normalized spacial score (nSPS) is 18.5. The number of hydrogen-bond acceptors (Lipinski definition) is 6. The number of benzene rings is 1. The van der Waals surface area contributed by atoms with E-state index in [1.807, 2.05) is 27.7 Å². The second-order valence-electron chi connectivity index (χ2n) is 8.44. The molecule has 0 amide bonds. The number of hydrogen-bond donors (Lipinski definition) is 3. The SMILES string of the molecule is c1cnn(-c2ccc(CNc3cc(N[C@H]4CCNC4)nc4c(C5CC5)cnn34)cc2)c1. The summed E-state index contributed by atoms with van der Waals surface area (Å²) >= 11 is 0. The average molecular weight is 415 g/mol. The summed E-state index contributed by atoms with van der Waals surface area (Å²) in [6.45, 7) is 2.74. The van der Waals surface area contributed by atoms with E-state index in [4.69, 9.17) is 4.98 Å². The highest BCUT2D eigenvalue weighted by Gasteiger charge is 2.28. The number of fused-ring (bicyclic) bond motifs is 1. The molecule has 1 aromatic carbocycles. The number of rotatable bonds is 7. The van der Waals surface area contributed by atoms with E-state index in [0.717, 1.165) is 42.5 Å². The van der Waals surface area contributed by atoms with Gasteiger partial charge in [-0.25, -0.2) is 9.67 Å². The Morgan fingerprint density at radius 3 is 2.74 bits per heavy atom. The van der Waals surface area contributed by atoms with Crippen LogP contribution in [-0.2, 0) is 6.54 Å². The van der Waals surface area contributed by atoms with Crippen LogP contribution in [0.15, 0.2) is 55.0 Å². The Labute approximate surface area is 180 Å². The van der Waals surface area contributed by atoms with Crippen LogP contribution in [0.4, 0.5) is 11.6 Å². The van der Waals surface area contributed by atoms with Crippen molar-refractivity contribution in [2.24, 2.45) is 0 Å². The van der Waals surface area contributed by atoms with Gasteiger partial charge in [0, 0.05) is 43.2 Å². The molecule has 4 aromatic rings. The molecule has 3 N–H and O–H groups in total. The van der Waals surface area contributed by atoms with Gasteiger partial charge in [0.1, 0.15) is 11.6 Å². The van der Waals surface area contributed by atoms with Crippen LogP contribution < -0.4 is 16.0 Å². The van der Waals surface area contributed by atoms with Crippen LogP contribution in [0.5, 0.6) is 0 Å². The van der Waals surface area contributed by atoms with Gasteiger partial charge < -0.3 is 16.0 Å². The summed E-state index contributed by atoms with van der Waals surface area (Å²) < 4.78 is 3.81. The number of aromatic nitrogens is 5. The van der Waals surface area contributed by atoms with E-state index < -0.39 is 0 Å². The van der Waals surface area contributed by atoms with Crippen molar-refractivity contribution in [1.82, 2.24) is 29.7 Å². The van der Waals surface area contributed by atoms with Gasteiger partial charge >= 0.3 is 0 Å². The summed E-state index contributed by atoms with van der Waals surface area (Å²) in [5.41, 5.74) is 4.48. The van der Waals surface area contributed by atoms with E-state index in [2.05, 4.69) is 56.5 Å². The number of anilines is 2. The van der Waals surface area contributed by atoms with Crippen LogP contribution in [-0.4, -0.2) is 43.5 Å². The van der Waals surface area contributed by atoms with E-state index >= 15 is 0 Å². The molecule has 2 fully saturated rings. The zero-order chi connectivity index (χ0) is 20.6. The first-order valence-electron chi connectivity index (χ1n) is 11.0. The van der Waals surface area contributed by atoms with Gasteiger partial charge in [-0.05, 0) is 55.5 Å².